The fourth-order valence-electron chi connectivity index (χ4n) is 3.11. The van der Waals surface area contributed by atoms with Gasteiger partial charge in [0.25, 0.3) is 0 Å². The molecule has 3 aromatic rings. The van der Waals surface area contributed by atoms with Crippen molar-refractivity contribution in [2.45, 2.75) is 0 Å². The van der Waals surface area contributed by atoms with E-state index >= 15 is 0 Å². The molecule has 0 amide bonds. The molecular formula is C20H18N4O2. The summed E-state index contributed by atoms with van der Waals surface area (Å²) in [6.07, 6.45) is 1.62. The van der Waals surface area contributed by atoms with Crippen LogP contribution in [0.5, 0.6) is 5.88 Å². The van der Waals surface area contributed by atoms with Gasteiger partial charge in [-0.1, -0.05) is 0 Å². The van der Waals surface area contributed by atoms with Crippen molar-refractivity contribution in [2.75, 3.05) is 31.2 Å². The van der Waals surface area contributed by atoms with Gasteiger partial charge in [-0.3, -0.25) is 4.99 Å². The number of ether oxygens (including phenoxy) is 1. The van der Waals surface area contributed by atoms with E-state index in [1.54, 1.807) is 24.4 Å². The smallest absolute Gasteiger partial charge is 0.198 e. The zero-order valence-corrected chi connectivity index (χ0v) is 14.1. The maximum Gasteiger partial charge on any atom is 0.198 e. The molecule has 2 N–H and O–H groups in total. The lowest BCUT2D eigenvalue weighted by Crippen LogP contribution is -2.36. The van der Waals surface area contributed by atoms with E-state index in [1.165, 1.54) is 0 Å². The molecule has 2 aromatic carbocycles. The summed E-state index contributed by atoms with van der Waals surface area (Å²) in [7, 11) is 0. The number of hydrogen-bond acceptors (Lipinski definition) is 5. The predicted octanol–water partition coefficient (Wildman–Crippen LogP) is 3.33. The van der Waals surface area contributed by atoms with Crippen molar-refractivity contribution >= 4 is 28.5 Å². The average molecular weight is 346 g/mol. The third-order valence-corrected chi connectivity index (χ3v) is 4.52. The van der Waals surface area contributed by atoms with Crippen molar-refractivity contribution in [1.82, 2.24) is 4.98 Å². The topological polar surface area (TPSA) is 84.6 Å². The van der Waals surface area contributed by atoms with Crippen molar-refractivity contribution < 1.29 is 9.84 Å². The first-order chi connectivity index (χ1) is 12.7. The van der Waals surface area contributed by atoms with Crippen molar-refractivity contribution in [3.63, 3.8) is 0 Å². The Morgan fingerprint density at radius 2 is 1.92 bits per heavy atom. The Bertz CT molecular complexity index is 993. The monoisotopic (exact) mass is 346 g/mol. The average Bonchev–Trinajstić information content (AvgIpc) is 3.01. The summed E-state index contributed by atoms with van der Waals surface area (Å²) >= 11 is 0. The first-order valence-corrected chi connectivity index (χ1v) is 8.46. The number of aromatic nitrogens is 1. The highest BCUT2D eigenvalue weighted by Crippen LogP contribution is 2.27. The first-order valence-electron chi connectivity index (χ1n) is 8.46. The van der Waals surface area contributed by atoms with Crippen LogP contribution in [0.4, 0.5) is 11.4 Å². The van der Waals surface area contributed by atoms with Crippen LogP contribution >= 0.6 is 0 Å². The number of nitrogens with zero attached hydrogens (tertiary/aromatic N) is 3. The number of nitriles is 1. The number of morpholine rings is 1. The maximum atomic E-state index is 10.1. The second kappa shape index (κ2) is 6.90. The van der Waals surface area contributed by atoms with Crippen molar-refractivity contribution in [3.05, 3.63) is 53.6 Å². The Kier molecular flexibility index (Phi) is 4.30. The van der Waals surface area contributed by atoms with Gasteiger partial charge < -0.3 is 19.7 Å². The third-order valence-electron chi connectivity index (χ3n) is 4.52. The predicted molar refractivity (Wildman–Crippen MR) is 101 cm³/mol. The Morgan fingerprint density at radius 3 is 2.65 bits per heavy atom. The summed E-state index contributed by atoms with van der Waals surface area (Å²) in [5.41, 5.74) is 3.84. The molecule has 0 atom stereocenters. The maximum absolute atomic E-state index is 10.1. The molecule has 0 unspecified atom stereocenters. The fourth-order valence-corrected chi connectivity index (χ4v) is 3.11. The molecule has 1 aliphatic heterocycles. The first kappa shape index (κ1) is 16.2. The number of aliphatic imine (C=N–C) groups is 1. The van der Waals surface area contributed by atoms with Gasteiger partial charge in [0.05, 0.1) is 36.1 Å². The Labute approximate surface area is 151 Å². The lowest BCUT2D eigenvalue weighted by Gasteiger charge is -2.28. The summed E-state index contributed by atoms with van der Waals surface area (Å²) in [5, 5.41) is 20.0. The van der Waals surface area contributed by atoms with Gasteiger partial charge in [0.1, 0.15) is 0 Å². The minimum atomic E-state index is 0.0452. The summed E-state index contributed by atoms with van der Waals surface area (Å²) in [6.45, 7) is 3.30. The van der Waals surface area contributed by atoms with Gasteiger partial charge in [0, 0.05) is 35.9 Å². The van der Waals surface area contributed by atoms with Crippen molar-refractivity contribution in [3.8, 4) is 11.9 Å². The lowest BCUT2D eigenvalue weighted by molar-refractivity contribution is 0.122. The van der Waals surface area contributed by atoms with Crippen molar-refractivity contribution in [1.29, 1.82) is 5.26 Å². The number of aromatic hydroxyl groups is 1. The highest BCUT2D eigenvalue weighted by Gasteiger charge is 2.11. The number of rotatable bonds is 3. The van der Waals surface area contributed by atoms with Crippen LogP contribution in [-0.2, 0) is 4.74 Å². The molecule has 6 nitrogen and oxygen atoms in total. The van der Waals surface area contributed by atoms with E-state index in [4.69, 9.17) is 10.00 Å². The van der Waals surface area contributed by atoms with E-state index in [0.29, 0.717) is 11.1 Å². The second-order valence-electron chi connectivity index (χ2n) is 6.13. The molecule has 130 valence electrons. The molecule has 1 saturated heterocycles. The van der Waals surface area contributed by atoms with Crippen LogP contribution in [0.3, 0.4) is 0 Å². The Balaban J connectivity index is 1.59. The standard InChI is InChI=1S/C20H18N4O2/c21-12-14-1-6-19-17(11-14)18(20(25)23-19)13-22-15-2-4-16(5-3-15)24-7-9-26-10-8-24/h1-6,11,13,23,25H,7-10H2. The lowest BCUT2D eigenvalue weighted by atomic mass is 10.1. The summed E-state index contributed by atoms with van der Waals surface area (Å²) in [5.74, 6) is 0.0452. The van der Waals surface area contributed by atoms with E-state index in [0.717, 1.165) is 48.6 Å². The molecule has 26 heavy (non-hydrogen) atoms. The zero-order chi connectivity index (χ0) is 17.9. The summed E-state index contributed by atoms with van der Waals surface area (Å²) in [6, 6.07) is 15.3. The van der Waals surface area contributed by atoms with E-state index in [1.807, 2.05) is 24.3 Å². The SMILES string of the molecule is N#Cc1ccc2[nH]c(O)c(C=Nc3ccc(N4CCOCC4)cc3)c2c1. The van der Waals surface area contributed by atoms with Gasteiger partial charge in [-0.2, -0.15) is 5.26 Å². The fraction of sp³-hybridized carbons (Fsp3) is 0.200. The van der Waals surface area contributed by atoms with E-state index in [9.17, 15) is 5.11 Å². The zero-order valence-electron chi connectivity index (χ0n) is 14.1. The third kappa shape index (κ3) is 3.13. The Morgan fingerprint density at radius 1 is 1.15 bits per heavy atom. The molecule has 1 aromatic heterocycles. The quantitative estimate of drug-likeness (QED) is 0.713. The van der Waals surface area contributed by atoms with Crippen LogP contribution in [0.2, 0.25) is 0 Å². The number of hydrogen-bond donors (Lipinski definition) is 2. The molecule has 0 radical (unpaired) electrons. The largest absolute Gasteiger partial charge is 0.494 e. The molecule has 4 rings (SSSR count). The van der Waals surface area contributed by atoms with Crippen LogP contribution in [0.25, 0.3) is 10.9 Å². The molecular weight excluding hydrogens is 328 g/mol. The van der Waals surface area contributed by atoms with Gasteiger partial charge in [-0.25, -0.2) is 0 Å². The molecule has 2 heterocycles. The van der Waals surface area contributed by atoms with Crippen LogP contribution in [0.15, 0.2) is 47.5 Å². The minimum Gasteiger partial charge on any atom is -0.494 e. The van der Waals surface area contributed by atoms with Gasteiger partial charge in [-0.15, -0.1) is 0 Å². The van der Waals surface area contributed by atoms with Crippen LogP contribution in [0.1, 0.15) is 11.1 Å². The molecule has 6 heteroatoms. The van der Waals surface area contributed by atoms with Crippen molar-refractivity contribution in [2.24, 2.45) is 4.99 Å². The molecule has 0 saturated carbocycles. The summed E-state index contributed by atoms with van der Waals surface area (Å²) in [4.78, 5) is 9.66. The highest BCUT2D eigenvalue weighted by molar-refractivity contribution is 6.03. The minimum absolute atomic E-state index is 0.0452. The van der Waals surface area contributed by atoms with E-state index < -0.39 is 0 Å². The molecule has 0 bridgehead atoms. The Hall–Kier alpha value is -3.30. The summed E-state index contributed by atoms with van der Waals surface area (Å²) < 4.78 is 5.38. The van der Waals surface area contributed by atoms with Crippen LogP contribution < -0.4 is 4.90 Å². The molecule has 0 aliphatic carbocycles. The number of anilines is 1. The van der Waals surface area contributed by atoms with Gasteiger partial charge in [0.15, 0.2) is 5.88 Å². The molecule has 1 aliphatic rings. The van der Waals surface area contributed by atoms with Gasteiger partial charge in [0.2, 0.25) is 0 Å². The molecule has 1 fully saturated rings. The van der Waals surface area contributed by atoms with Gasteiger partial charge >= 0.3 is 0 Å². The van der Waals surface area contributed by atoms with E-state index in [2.05, 4.69) is 20.9 Å². The number of H-pyrrole nitrogens is 1. The number of fused-ring (bicyclic) bond motifs is 1. The second-order valence-corrected chi connectivity index (χ2v) is 6.13. The van der Waals surface area contributed by atoms with Gasteiger partial charge in [-0.05, 0) is 42.5 Å². The van der Waals surface area contributed by atoms with Crippen LogP contribution in [-0.4, -0.2) is 42.6 Å². The number of nitrogens with one attached hydrogen (secondary N) is 1. The normalized spacial score (nSPS) is 14.8. The number of benzene rings is 2. The highest BCUT2D eigenvalue weighted by atomic mass is 16.5. The van der Waals surface area contributed by atoms with E-state index in [-0.39, 0.29) is 5.88 Å². The molecule has 0 spiro atoms. The number of aromatic amines is 1. The van der Waals surface area contributed by atoms with Crippen LogP contribution in [0, 0.1) is 11.3 Å².